The van der Waals surface area contributed by atoms with Gasteiger partial charge in [0.2, 0.25) is 0 Å². The van der Waals surface area contributed by atoms with E-state index in [0.717, 1.165) is 21.5 Å². The molecule has 2 heterocycles. The topological polar surface area (TPSA) is 46.9 Å². The lowest BCUT2D eigenvalue weighted by Gasteiger charge is -2.05. The number of aromatic nitrogens is 2. The number of rotatable bonds is 5. The molecule has 0 bridgehead atoms. The van der Waals surface area contributed by atoms with Gasteiger partial charge in [0.05, 0.1) is 17.1 Å². The van der Waals surface area contributed by atoms with Crippen LogP contribution in [0, 0.1) is 6.92 Å². The SMILES string of the molecule is C=CCNC(=O)c1cc2c(C)nn(Cc3ccccc3Cl)c2s1. The van der Waals surface area contributed by atoms with Crippen molar-refractivity contribution in [2.45, 2.75) is 13.5 Å². The number of hydrogen-bond acceptors (Lipinski definition) is 3. The summed E-state index contributed by atoms with van der Waals surface area (Å²) in [6.45, 7) is 6.59. The number of aryl methyl sites for hydroxylation is 1. The molecule has 4 nitrogen and oxygen atoms in total. The zero-order valence-electron chi connectivity index (χ0n) is 12.7. The van der Waals surface area contributed by atoms with Gasteiger partial charge in [-0.1, -0.05) is 35.9 Å². The quantitative estimate of drug-likeness (QED) is 0.710. The summed E-state index contributed by atoms with van der Waals surface area (Å²) in [5, 5.41) is 9.09. The van der Waals surface area contributed by atoms with E-state index >= 15 is 0 Å². The molecular weight excluding hydrogens is 330 g/mol. The number of thiophene rings is 1. The summed E-state index contributed by atoms with van der Waals surface area (Å²) in [5.74, 6) is -0.0882. The second-order valence-corrected chi connectivity index (χ2v) is 6.60. The van der Waals surface area contributed by atoms with E-state index in [2.05, 4.69) is 17.0 Å². The first-order chi connectivity index (χ1) is 11.1. The van der Waals surface area contributed by atoms with Gasteiger partial charge in [-0.2, -0.15) is 5.10 Å². The van der Waals surface area contributed by atoms with Crippen LogP contribution in [0.4, 0.5) is 0 Å². The van der Waals surface area contributed by atoms with Crippen molar-refractivity contribution in [3.63, 3.8) is 0 Å². The number of benzene rings is 1. The maximum atomic E-state index is 12.1. The van der Waals surface area contributed by atoms with Crippen molar-refractivity contribution in [2.24, 2.45) is 0 Å². The first-order valence-electron chi connectivity index (χ1n) is 7.19. The van der Waals surface area contributed by atoms with E-state index in [4.69, 9.17) is 11.6 Å². The van der Waals surface area contributed by atoms with Crippen LogP contribution >= 0.6 is 22.9 Å². The lowest BCUT2D eigenvalue weighted by Crippen LogP contribution is -2.22. The Bertz CT molecular complexity index is 881. The molecule has 3 rings (SSSR count). The fourth-order valence-corrected chi connectivity index (χ4v) is 3.64. The molecule has 0 spiro atoms. The summed E-state index contributed by atoms with van der Waals surface area (Å²) in [7, 11) is 0. The molecule has 0 atom stereocenters. The molecule has 0 aliphatic rings. The van der Waals surface area contributed by atoms with Crippen molar-refractivity contribution in [1.29, 1.82) is 0 Å². The molecule has 1 aromatic carbocycles. The van der Waals surface area contributed by atoms with Gasteiger partial charge in [-0.15, -0.1) is 17.9 Å². The summed E-state index contributed by atoms with van der Waals surface area (Å²) < 4.78 is 1.90. The molecule has 0 radical (unpaired) electrons. The van der Waals surface area contributed by atoms with E-state index in [1.807, 2.05) is 41.9 Å². The molecule has 23 heavy (non-hydrogen) atoms. The Hall–Kier alpha value is -2.11. The Morgan fingerprint density at radius 2 is 2.26 bits per heavy atom. The highest BCUT2D eigenvalue weighted by Crippen LogP contribution is 2.29. The summed E-state index contributed by atoms with van der Waals surface area (Å²) >= 11 is 7.67. The van der Waals surface area contributed by atoms with Gasteiger partial charge in [0.25, 0.3) is 5.91 Å². The number of amides is 1. The van der Waals surface area contributed by atoms with Crippen LogP contribution in [0.25, 0.3) is 10.2 Å². The molecule has 0 saturated carbocycles. The molecule has 0 aliphatic heterocycles. The molecule has 0 fully saturated rings. The Morgan fingerprint density at radius 3 is 3.00 bits per heavy atom. The highest BCUT2D eigenvalue weighted by atomic mass is 35.5. The molecule has 1 amide bonds. The van der Waals surface area contributed by atoms with E-state index in [9.17, 15) is 4.79 Å². The summed E-state index contributed by atoms with van der Waals surface area (Å²) in [4.78, 5) is 13.8. The van der Waals surface area contributed by atoms with Gasteiger partial charge in [0.1, 0.15) is 4.83 Å². The largest absolute Gasteiger partial charge is 0.348 e. The standard InChI is InChI=1S/C17H16ClN3OS/c1-3-8-19-16(22)15-9-13-11(2)20-21(17(13)23-15)10-12-6-4-5-7-14(12)18/h3-7,9H,1,8,10H2,2H3,(H,19,22). The Balaban J connectivity index is 1.95. The van der Waals surface area contributed by atoms with Gasteiger partial charge in [-0.25, -0.2) is 0 Å². The Kier molecular flexibility index (Phi) is 4.50. The monoisotopic (exact) mass is 345 g/mol. The number of hydrogen-bond donors (Lipinski definition) is 1. The minimum absolute atomic E-state index is 0.0882. The number of fused-ring (bicyclic) bond motifs is 1. The van der Waals surface area contributed by atoms with Crippen LogP contribution in [0.15, 0.2) is 43.0 Å². The van der Waals surface area contributed by atoms with Crippen LogP contribution < -0.4 is 5.32 Å². The van der Waals surface area contributed by atoms with Gasteiger partial charge in [-0.05, 0) is 24.6 Å². The van der Waals surface area contributed by atoms with Gasteiger partial charge < -0.3 is 5.32 Å². The van der Waals surface area contributed by atoms with Crippen LogP contribution in [-0.4, -0.2) is 22.2 Å². The predicted molar refractivity (Wildman–Crippen MR) is 95.4 cm³/mol. The van der Waals surface area contributed by atoms with Gasteiger partial charge in [0.15, 0.2) is 0 Å². The van der Waals surface area contributed by atoms with Crippen molar-refractivity contribution in [3.05, 3.63) is 64.1 Å². The summed E-state index contributed by atoms with van der Waals surface area (Å²) in [5.41, 5.74) is 1.91. The number of carbonyl (C=O) groups excluding carboxylic acids is 1. The smallest absolute Gasteiger partial charge is 0.261 e. The average Bonchev–Trinajstić information content (AvgIpc) is 3.09. The van der Waals surface area contributed by atoms with Gasteiger partial charge >= 0.3 is 0 Å². The van der Waals surface area contributed by atoms with Crippen molar-refractivity contribution < 1.29 is 4.79 Å². The van der Waals surface area contributed by atoms with Crippen molar-refractivity contribution in [3.8, 4) is 0 Å². The van der Waals surface area contributed by atoms with Crippen LogP contribution in [-0.2, 0) is 6.54 Å². The van der Waals surface area contributed by atoms with Crippen molar-refractivity contribution >= 4 is 39.1 Å². The molecule has 1 N–H and O–H groups in total. The zero-order chi connectivity index (χ0) is 16.4. The maximum Gasteiger partial charge on any atom is 0.261 e. The number of nitrogens with zero attached hydrogens (tertiary/aromatic N) is 2. The molecule has 0 unspecified atom stereocenters. The van der Waals surface area contributed by atoms with Gasteiger partial charge in [0, 0.05) is 17.0 Å². The normalized spacial score (nSPS) is 10.9. The number of halogens is 1. The fourth-order valence-electron chi connectivity index (χ4n) is 2.37. The molecular formula is C17H16ClN3OS. The van der Waals surface area contributed by atoms with E-state index in [-0.39, 0.29) is 5.91 Å². The van der Waals surface area contributed by atoms with E-state index in [0.29, 0.717) is 23.0 Å². The van der Waals surface area contributed by atoms with E-state index in [1.165, 1.54) is 11.3 Å². The molecule has 118 valence electrons. The molecule has 2 aromatic heterocycles. The molecule has 0 aliphatic carbocycles. The number of nitrogens with one attached hydrogen (secondary N) is 1. The van der Waals surface area contributed by atoms with Crippen molar-refractivity contribution in [1.82, 2.24) is 15.1 Å². The lowest BCUT2D eigenvalue weighted by atomic mass is 10.2. The summed E-state index contributed by atoms with van der Waals surface area (Å²) in [6, 6.07) is 9.60. The zero-order valence-corrected chi connectivity index (χ0v) is 14.2. The summed E-state index contributed by atoms with van der Waals surface area (Å²) in [6.07, 6.45) is 1.66. The fraction of sp³-hybridized carbons (Fsp3) is 0.176. The third kappa shape index (κ3) is 3.16. The third-order valence-electron chi connectivity index (χ3n) is 3.52. The highest BCUT2D eigenvalue weighted by Gasteiger charge is 2.16. The molecule has 3 aromatic rings. The third-order valence-corrected chi connectivity index (χ3v) is 5.03. The van der Waals surface area contributed by atoms with Crippen LogP contribution in [0.3, 0.4) is 0 Å². The van der Waals surface area contributed by atoms with Crippen LogP contribution in [0.2, 0.25) is 5.02 Å². The Morgan fingerprint density at radius 1 is 1.48 bits per heavy atom. The molecule has 0 saturated heterocycles. The lowest BCUT2D eigenvalue weighted by molar-refractivity contribution is 0.0962. The minimum atomic E-state index is -0.0882. The van der Waals surface area contributed by atoms with Crippen molar-refractivity contribution in [2.75, 3.05) is 6.54 Å². The predicted octanol–water partition coefficient (Wildman–Crippen LogP) is 4.02. The average molecular weight is 346 g/mol. The second kappa shape index (κ2) is 6.56. The van der Waals surface area contributed by atoms with Gasteiger partial charge in [-0.3, -0.25) is 9.48 Å². The van der Waals surface area contributed by atoms with E-state index in [1.54, 1.807) is 6.08 Å². The van der Waals surface area contributed by atoms with Crippen LogP contribution in [0.1, 0.15) is 20.9 Å². The first kappa shape index (κ1) is 15.8. The van der Waals surface area contributed by atoms with E-state index < -0.39 is 0 Å². The van der Waals surface area contributed by atoms with Crippen LogP contribution in [0.5, 0.6) is 0 Å². The Labute approximate surface area is 143 Å². The molecule has 6 heteroatoms. The minimum Gasteiger partial charge on any atom is -0.348 e. The second-order valence-electron chi connectivity index (χ2n) is 5.16. The maximum absolute atomic E-state index is 12.1. The highest BCUT2D eigenvalue weighted by molar-refractivity contribution is 7.20. The number of carbonyl (C=O) groups is 1. The first-order valence-corrected chi connectivity index (χ1v) is 8.39.